The molecule has 0 aliphatic carbocycles. The number of esters is 2. The van der Waals surface area contributed by atoms with Crippen molar-refractivity contribution in [3.63, 3.8) is 0 Å². The molecule has 1 saturated heterocycles. The molecule has 0 aromatic carbocycles. The Morgan fingerprint density at radius 2 is 1.20 bits per heavy atom. The Labute approximate surface area is 288 Å². The van der Waals surface area contributed by atoms with Crippen molar-refractivity contribution in [2.24, 2.45) is 34.6 Å². The fourth-order valence-electron chi connectivity index (χ4n) is 5.54. The van der Waals surface area contributed by atoms with E-state index in [1.807, 2.05) is 0 Å². The highest BCUT2D eigenvalue weighted by Crippen LogP contribution is 2.37. The molecule has 4 aromatic heterocycles. The van der Waals surface area contributed by atoms with E-state index in [-0.39, 0.29) is 35.1 Å². The summed E-state index contributed by atoms with van der Waals surface area (Å²) in [6.07, 6.45) is 7.34. The minimum absolute atomic E-state index is 0.181. The van der Waals surface area contributed by atoms with Gasteiger partial charge in [-0.15, -0.1) is 20.5 Å². The van der Waals surface area contributed by atoms with Gasteiger partial charge in [-0.3, -0.25) is 10.6 Å². The molecule has 0 radical (unpaired) electrons. The molecule has 0 bridgehead atoms. The molecule has 5 heterocycles. The Balaban J connectivity index is 1.46. The monoisotopic (exact) mass is 692 g/mol. The molecule has 20 heteroatoms. The first-order valence-corrected chi connectivity index (χ1v) is 16.4. The quantitative estimate of drug-likeness (QED) is 0.108. The third-order valence-corrected chi connectivity index (χ3v) is 8.34. The average molecular weight is 693 g/mol. The van der Waals surface area contributed by atoms with Crippen LogP contribution in [0.2, 0.25) is 0 Å². The van der Waals surface area contributed by atoms with Crippen LogP contribution in [0.1, 0.15) is 90.4 Å². The molecule has 50 heavy (non-hydrogen) atoms. The van der Waals surface area contributed by atoms with Crippen molar-refractivity contribution in [3.8, 4) is 0 Å². The van der Waals surface area contributed by atoms with E-state index in [1.54, 1.807) is 23.5 Å². The van der Waals surface area contributed by atoms with E-state index in [0.29, 0.717) is 60.3 Å². The van der Waals surface area contributed by atoms with Crippen LogP contribution in [-0.4, -0.2) is 71.9 Å². The van der Waals surface area contributed by atoms with E-state index in [9.17, 15) is 9.59 Å². The molecule has 0 amide bonds. The maximum Gasteiger partial charge on any atom is 0.343 e. The summed E-state index contributed by atoms with van der Waals surface area (Å²) in [5.74, 6) is -0.0639. The molecule has 20 nitrogen and oxygen atoms in total. The maximum absolute atomic E-state index is 12.3. The third kappa shape index (κ3) is 7.25. The second kappa shape index (κ2) is 15.8. The lowest BCUT2D eigenvalue weighted by Gasteiger charge is -2.32. The second-order valence-corrected chi connectivity index (χ2v) is 11.7. The number of methoxy groups -OCH3 is 2. The zero-order valence-electron chi connectivity index (χ0n) is 29.1. The van der Waals surface area contributed by atoms with E-state index in [0.717, 1.165) is 25.7 Å². The van der Waals surface area contributed by atoms with Crippen molar-refractivity contribution < 1.29 is 19.1 Å². The maximum atomic E-state index is 12.3. The number of nitrogens with one attached hydrogen (secondary N) is 2. The summed E-state index contributed by atoms with van der Waals surface area (Å²) in [5, 5.41) is 42.4. The van der Waals surface area contributed by atoms with E-state index < -0.39 is 11.9 Å². The Morgan fingerprint density at radius 1 is 0.780 bits per heavy atom. The van der Waals surface area contributed by atoms with Gasteiger partial charge in [0.05, 0.1) is 38.0 Å². The largest absolute Gasteiger partial charge is 0.465 e. The predicted octanol–water partition coefficient (Wildman–Crippen LogP) is 4.04. The summed E-state index contributed by atoms with van der Waals surface area (Å²) in [6.45, 7) is 4.57. The average Bonchev–Trinajstić information content (AvgIpc) is 3.86. The number of nitrogens with two attached hydrogens (primary N) is 2. The number of carbonyl (C=O) groups excluding carboxylic acids is 2. The summed E-state index contributed by atoms with van der Waals surface area (Å²) < 4.78 is 16.0. The first-order valence-electron chi connectivity index (χ1n) is 16.4. The Bertz CT molecular complexity index is 1750. The van der Waals surface area contributed by atoms with Crippen LogP contribution in [0, 0.1) is 0 Å². The van der Waals surface area contributed by atoms with Gasteiger partial charge in [0.1, 0.15) is 23.5 Å². The smallest absolute Gasteiger partial charge is 0.343 e. The van der Waals surface area contributed by atoms with Crippen molar-refractivity contribution in [2.45, 2.75) is 71.1 Å². The van der Waals surface area contributed by atoms with E-state index in [1.165, 1.54) is 36.0 Å². The molecule has 2 atom stereocenters. The van der Waals surface area contributed by atoms with Crippen LogP contribution >= 0.6 is 0 Å². The third-order valence-electron chi connectivity index (χ3n) is 8.34. The number of rotatable bonds is 14. The summed E-state index contributed by atoms with van der Waals surface area (Å²) >= 11 is 0. The van der Waals surface area contributed by atoms with Gasteiger partial charge in [0.15, 0.2) is 34.6 Å². The van der Waals surface area contributed by atoms with Crippen molar-refractivity contribution in [1.82, 2.24) is 49.8 Å². The molecule has 1 fully saturated rings. The molecule has 1 aliphatic heterocycles. The number of hydrogen-bond donors (Lipinski definition) is 4. The summed E-state index contributed by atoms with van der Waals surface area (Å²) in [6, 6.07) is 0. The number of nitrogen functional groups attached to an aromatic ring is 2. The predicted molar refractivity (Wildman–Crippen MR) is 182 cm³/mol. The van der Waals surface area contributed by atoms with Crippen LogP contribution in [-0.2, 0) is 36.4 Å². The second-order valence-electron chi connectivity index (χ2n) is 11.7. The standard InChI is InChI=1S/C30H44N16O4/c1-7-9-11-19-23(37-39-27-17(29(47)49-5)14-35-43(27)3)25(31)45(41-19)21-13-22(34-16-33-21)46-26(32)24(20(42-46)12-10-8-2)38-40-28-18(30(48)50-6)15-36-44(28)4/h14-15,21-22,33-34H,7-13,16,31-32H2,1-6H3. The van der Waals surface area contributed by atoms with Gasteiger partial charge in [-0.2, -0.15) is 20.4 Å². The molecule has 6 N–H and O–H groups in total. The first kappa shape index (κ1) is 35.8. The Hall–Kier alpha value is -5.50. The number of anilines is 2. The molecule has 4 aromatic rings. The SMILES string of the molecule is CCCCc1nn(C2CC(n3nc(CCCC)c(N=Nc4c(C(=O)OC)cnn4C)c3N)NCN2)c(N)c1N=Nc1c(C(=O)OC)cnn1C. The zero-order valence-corrected chi connectivity index (χ0v) is 29.1. The summed E-state index contributed by atoms with van der Waals surface area (Å²) in [5.41, 5.74) is 16.0. The highest BCUT2D eigenvalue weighted by Gasteiger charge is 2.31. The van der Waals surface area contributed by atoms with E-state index in [4.69, 9.17) is 31.1 Å². The fourth-order valence-corrected chi connectivity index (χ4v) is 5.54. The van der Waals surface area contributed by atoms with Crippen LogP contribution < -0.4 is 22.1 Å². The summed E-state index contributed by atoms with van der Waals surface area (Å²) in [4.78, 5) is 24.5. The number of ether oxygens (including phenoxy) is 2. The number of nitrogens with zero attached hydrogens (tertiary/aromatic N) is 12. The lowest BCUT2D eigenvalue weighted by atomic mass is 10.2. The molecule has 0 spiro atoms. The van der Waals surface area contributed by atoms with Crippen LogP contribution in [0.25, 0.3) is 0 Å². The number of aryl methyl sites for hydroxylation is 4. The minimum Gasteiger partial charge on any atom is -0.465 e. The molecule has 2 unspecified atom stereocenters. The van der Waals surface area contributed by atoms with Gasteiger partial charge in [0, 0.05) is 27.2 Å². The van der Waals surface area contributed by atoms with Gasteiger partial charge in [-0.1, -0.05) is 26.7 Å². The van der Waals surface area contributed by atoms with E-state index in [2.05, 4.69) is 55.1 Å². The number of carbonyl (C=O) groups is 2. The van der Waals surface area contributed by atoms with Gasteiger partial charge < -0.3 is 20.9 Å². The lowest BCUT2D eigenvalue weighted by molar-refractivity contribution is 0.0592. The Morgan fingerprint density at radius 3 is 1.58 bits per heavy atom. The topological polar surface area (TPSA) is 249 Å². The van der Waals surface area contributed by atoms with Gasteiger partial charge >= 0.3 is 11.9 Å². The molecule has 0 saturated carbocycles. The molecule has 1 aliphatic rings. The van der Waals surface area contributed by atoms with Gasteiger partial charge in [0.25, 0.3) is 0 Å². The van der Waals surface area contributed by atoms with Gasteiger partial charge in [-0.05, 0) is 25.7 Å². The number of unbranched alkanes of at least 4 members (excludes halogenated alkanes) is 2. The van der Waals surface area contributed by atoms with Crippen LogP contribution in [0.5, 0.6) is 0 Å². The van der Waals surface area contributed by atoms with Gasteiger partial charge in [0.2, 0.25) is 0 Å². The van der Waals surface area contributed by atoms with Crippen LogP contribution in [0.4, 0.5) is 34.6 Å². The number of hydrogen-bond acceptors (Lipinski definition) is 16. The summed E-state index contributed by atoms with van der Waals surface area (Å²) in [7, 11) is 5.90. The van der Waals surface area contributed by atoms with E-state index >= 15 is 0 Å². The van der Waals surface area contributed by atoms with Crippen molar-refractivity contribution in [3.05, 3.63) is 34.9 Å². The Kier molecular flexibility index (Phi) is 11.3. The zero-order chi connectivity index (χ0) is 35.9. The van der Waals surface area contributed by atoms with Gasteiger partial charge in [-0.25, -0.2) is 28.3 Å². The minimum atomic E-state index is -0.574. The van der Waals surface area contributed by atoms with Crippen LogP contribution in [0.3, 0.4) is 0 Å². The van der Waals surface area contributed by atoms with Crippen molar-refractivity contribution >= 4 is 46.6 Å². The molecular formula is C30H44N16O4. The number of azo groups is 2. The molecule has 268 valence electrons. The molecule has 5 rings (SSSR count). The fraction of sp³-hybridized carbons (Fsp3) is 0.533. The van der Waals surface area contributed by atoms with Crippen LogP contribution in [0.15, 0.2) is 32.9 Å². The highest BCUT2D eigenvalue weighted by atomic mass is 16.5. The highest BCUT2D eigenvalue weighted by molar-refractivity contribution is 5.94. The number of aromatic nitrogens is 8. The van der Waals surface area contributed by atoms with Crippen molar-refractivity contribution in [1.29, 1.82) is 0 Å². The van der Waals surface area contributed by atoms with Crippen molar-refractivity contribution in [2.75, 3.05) is 32.4 Å². The lowest BCUT2D eigenvalue weighted by Crippen LogP contribution is -2.47. The molecular weight excluding hydrogens is 648 g/mol. The first-order chi connectivity index (χ1) is 24.1. The normalized spacial score (nSPS) is 16.5.